The molecule has 3 N–H and O–H groups in total. The summed E-state index contributed by atoms with van der Waals surface area (Å²) in [5.41, 5.74) is 8.13. The van der Waals surface area contributed by atoms with E-state index in [2.05, 4.69) is 64.0 Å². The van der Waals surface area contributed by atoms with Crippen LogP contribution in [0.5, 0.6) is 23.0 Å². The van der Waals surface area contributed by atoms with Crippen LogP contribution in [0.15, 0.2) is 151 Å². The highest BCUT2D eigenvalue weighted by Gasteiger charge is 2.40. The Morgan fingerprint density at radius 3 is 1.49 bits per heavy atom. The number of rotatable bonds is 15. The van der Waals surface area contributed by atoms with Gasteiger partial charge in [-0.3, -0.25) is 14.3 Å². The first-order valence-electron chi connectivity index (χ1n) is 22.2. The maximum Gasteiger partial charge on any atom is 0.239 e. The van der Waals surface area contributed by atoms with E-state index < -0.39 is 21.5 Å². The van der Waals surface area contributed by atoms with Crippen molar-refractivity contribution >= 4 is 21.6 Å². The van der Waals surface area contributed by atoms with Gasteiger partial charge in [0.05, 0.1) is 17.1 Å². The molecule has 1 fully saturated rings. The van der Waals surface area contributed by atoms with Crippen molar-refractivity contribution in [1.82, 2.24) is 15.6 Å². The van der Waals surface area contributed by atoms with Gasteiger partial charge in [0.25, 0.3) is 0 Å². The molecule has 0 bridgehead atoms. The second-order valence-electron chi connectivity index (χ2n) is 19.2. The van der Waals surface area contributed by atoms with Crippen LogP contribution in [0.1, 0.15) is 113 Å². The molecule has 354 valence electrons. The molecule has 2 aliphatic heterocycles. The smallest absolute Gasteiger partial charge is 0.239 e. The molecule has 2 heterocycles. The molecule has 0 atom stereocenters. The van der Waals surface area contributed by atoms with Crippen molar-refractivity contribution in [2.75, 3.05) is 12.9 Å². The minimum atomic E-state index is -3.61. The van der Waals surface area contributed by atoms with E-state index in [0.717, 1.165) is 11.3 Å². The van der Waals surface area contributed by atoms with Gasteiger partial charge >= 0.3 is 0 Å². The van der Waals surface area contributed by atoms with Crippen molar-refractivity contribution in [3.63, 3.8) is 0 Å². The summed E-state index contributed by atoms with van der Waals surface area (Å²) < 4.78 is 56.7. The zero-order chi connectivity index (χ0) is 48.8. The number of hydrazine groups is 1. The molecular weight excluding hydrogens is 867 g/mol. The first-order chi connectivity index (χ1) is 31.4. The zero-order valence-electron chi connectivity index (χ0n) is 40.3. The standard InChI is InChI=1S/C28H32N2O4.C26H31NO5S/c1-26(2,27(3,4)32-6)21-11-7-19(8-12-21)25(31)20-9-13-22(14-10-20)33-23-15-17-24(18-16-23)34-28(5)29-30-28;1-25(2,3)26(4,5)32-22-15-16-23(27-33(29,30)18-17-22)31-21-13-11-20(12-14-21)24(28)19-9-7-6-8-10-19/h7-18,29-30H,1-6H3;6-16,27H,17-18H2,1-5H3/b;22-15+,23-16+. The van der Waals surface area contributed by atoms with E-state index >= 15 is 0 Å². The molecule has 5 aromatic rings. The number of ether oxygens (including phenoxy) is 5. The summed E-state index contributed by atoms with van der Waals surface area (Å²) in [5, 5.41) is 0. The van der Waals surface area contributed by atoms with Crippen LogP contribution in [-0.2, 0) is 24.9 Å². The number of carbonyl (C=O) groups is 2. The Bertz CT molecular complexity index is 2680. The molecule has 2 aliphatic rings. The quantitative estimate of drug-likeness (QED) is 0.0674. The molecule has 0 unspecified atom stereocenters. The third-order valence-electron chi connectivity index (χ3n) is 12.7. The Kier molecular flexibility index (Phi) is 14.9. The lowest BCUT2D eigenvalue weighted by molar-refractivity contribution is -0.0547. The maximum absolute atomic E-state index is 13.0. The van der Waals surface area contributed by atoms with Crippen LogP contribution in [0.2, 0.25) is 0 Å². The van der Waals surface area contributed by atoms with Gasteiger partial charge in [-0.15, -0.1) is 0 Å². The third-order valence-corrected chi connectivity index (χ3v) is 14.0. The van der Waals surface area contributed by atoms with E-state index in [9.17, 15) is 18.0 Å². The molecule has 0 aromatic heterocycles. The summed E-state index contributed by atoms with van der Waals surface area (Å²) in [6.07, 6.45) is 3.54. The molecular formula is C54H63N3O9S. The van der Waals surface area contributed by atoms with Crippen LogP contribution in [-0.4, -0.2) is 49.9 Å². The van der Waals surface area contributed by atoms with Gasteiger partial charge in [-0.2, -0.15) is 10.9 Å². The second-order valence-corrected chi connectivity index (χ2v) is 21.1. The number of allylic oxidation sites excluding steroid dienone is 3. The number of hydrogen-bond acceptors (Lipinski definition) is 11. The minimum Gasteiger partial charge on any atom is -0.492 e. The van der Waals surface area contributed by atoms with Crippen LogP contribution < -0.4 is 29.8 Å². The molecule has 1 saturated heterocycles. The second kappa shape index (κ2) is 19.9. The third kappa shape index (κ3) is 13.0. The fraction of sp³-hybridized carbons (Fsp3) is 0.333. The van der Waals surface area contributed by atoms with Gasteiger partial charge in [0.1, 0.15) is 28.6 Å². The molecule has 0 amide bonds. The highest BCUT2D eigenvalue weighted by atomic mass is 32.2. The number of methoxy groups -OCH3 is 1. The van der Waals surface area contributed by atoms with Crippen LogP contribution in [0.25, 0.3) is 0 Å². The van der Waals surface area contributed by atoms with Crippen molar-refractivity contribution < 1.29 is 41.7 Å². The fourth-order valence-corrected chi connectivity index (χ4v) is 7.46. The monoisotopic (exact) mass is 929 g/mol. The fourth-order valence-electron chi connectivity index (χ4n) is 6.47. The van der Waals surface area contributed by atoms with Gasteiger partial charge in [-0.1, -0.05) is 89.2 Å². The molecule has 7 rings (SSSR count). The van der Waals surface area contributed by atoms with Crippen LogP contribution in [0.3, 0.4) is 0 Å². The first-order valence-corrected chi connectivity index (χ1v) is 23.8. The van der Waals surface area contributed by atoms with E-state index in [0.29, 0.717) is 45.3 Å². The van der Waals surface area contributed by atoms with E-state index in [1.807, 2.05) is 87.5 Å². The van der Waals surface area contributed by atoms with E-state index in [-0.39, 0.29) is 46.1 Å². The summed E-state index contributed by atoms with van der Waals surface area (Å²) in [5.74, 6) is 2.36. The number of sulfonamides is 1. The van der Waals surface area contributed by atoms with Crippen LogP contribution in [0.4, 0.5) is 0 Å². The number of hydrogen-bond donors (Lipinski definition) is 3. The predicted molar refractivity (Wildman–Crippen MR) is 262 cm³/mol. The number of carbonyl (C=O) groups excluding carboxylic acids is 2. The summed E-state index contributed by atoms with van der Waals surface area (Å²) in [6.45, 7) is 20.5. The van der Waals surface area contributed by atoms with Gasteiger partial charge in [-0.25, -0.2) is 8.42 Å². The molecule has 13 heteroatoms. The number of nitrogens with one attached hydrogen (secondary N) is 3. The Morgan fingerprint density at radius 2 is 1.01 bits per heavy atom. The summed E-state index contributed by atoms with van der Waals surface area (Å²) >= 11 is 0. The van der Waals surface area contributed by atoms with Crippen LogP contribution in [0, 0.1) is 5.41 Å². The lowest BCUT2D eigenvalue weighted by Gasteiger charge is -2.41. The van der Waals surface area contributed by atoms with Gasteiger partial charge < -0.3 is 23.7 Å². The molecule has 0 aliphatic carbocycles. The zero-order valence-corrected chi connectivity index (χ0v) is 41.1. The molecule has 0 saturated carbocycles. The molecule has 0 spiro atoms. The Morgan fingerprint density at radius 1 is 0.567 bits per heavy atom. The lowest BCUT2D eigenvalue weighted by atomic mass is 9.71. The highest BCUT2D eigenvalue weighted by Crippen LogP contribution is 2.38. The van der Waals surface area contributed by atoms with E-state index in [1.165, 1.54) is 0 Å². The molecule has 0 radical (unpaired) electrons. The summed E-state index contributed by atoms with van der Waals surface area (Å²) in [6, 6.07) is 37.9. The topological polar surface area (TPSA) is 170 Å². The SMILES string of the molecule is CC(C)(C)C(C)(C)O/C1=C/C=C(/Oc2ccc(C(=O)c3ccccc3)cc2)NS(=O)(=O)CC1.COC(C)(C)C(C)(C)c1ccc(C(=O)c2ccc(Oc3ccc(OC4(C)NN4)cc3)cc2)cc1. The molecule has 12 nitrogen and oxygen atoms in total. The summed E-state index contributed by atoms with van der Waals surface area (Å²) in [4.78, 5) is 25.6. The lowest BCUT2D eigenvalue weighted by Crippen LogP contribution is -2.44. The number of ketones is 2. The normalized spacial score (nSPS) is 17.2. The van der Waals surface area contributed by atoms with Crippen molar-refractivity contribution in [2.24, 2.45) is 5.41 Å². The van der Waals surface area contributed by atoms with Gasteiger partial charge in [0.15, 0.2) is 11.6 Å². The maximum atomic E-state index is 13.0. The minimum absolute atomic E-state index is 0.0285. The highest BCUT2D eigenvalue weighted by molar-refractivity contribution is 7.89. The number of benzene rings is 5. The van der Waals surface area contributed by atoms with Crippen molar-refractivity contribution in [2.45, 2.75) is 98.1 Å². The van der Waals surface area contributed by atoms with Gasteiger partial charge in [0, 0.05) is 59.6 Å². The van der Waals surface area contributed by atoms with E-state index in [4.69, 9.17) is 23.7 Å². The largest absolute Gasteiger partial charge is 0.492 e. The van der Waals surface area contributed by atoms with E-state index in [1.54, 1.807) is 79.9 Å². The van der Waals surface area contributed by atoms with Gasteiger partial charge in [0.2, 0.25) is 21.8 Å². The van der Waals surface area contributed by atoms with Crippen LogP contribution >= 0.6 is 0 Å². The molecule has 5 aromatic carbocycles. The first kappa shape index (κ1) is 50.2. The average Bonchev–Trinajstić information content (AvgIpc) is 4.03. The summed E-state index contributed by atoms with van der Waals surface area (Å²) in [7, 11) is -1.89. The van der Waals surface area contributed by atoms with Crippen molar-refractivity contribution in [1.29, 1.82) is 0 Å². The van der Waals surface area contributed by atoms with Gasteiger partial charge in [-0.05, 0) is 112 Å². The van der Waals surface area contributed by atoms with Crippen molar-refractivity contribution in [3.05, 3.63) is 179 Å². The average molecular weight is 930 g/mol. The van der Waals surface area contributed by atoms with Crippen molar-refractivity contribution in [3.8, 4) is 23.0 Å². The predicted octanol–water partition coefficient (Wildman–Crippen LogP) is 10.8. The Balaban J connectivity index is 0.000000221. The Hall–Kier alpha value is -6.25. The molecule has 67 heavy (non-hydrogen) atoms. The Labute approximate surface area is 395 Å².